The number of ether oxygens (including phenoxy) is 2. The van der Waals surface area contributed by atoms with Crippen molar-refractivity contribution in [2.45, 2.75) is 44.3 Å². The van der Waals surface area contributed by atoms with E-state index in [0.29, 0.717) is 11.5 Å². The minimum atomic E-state index is -0.358. The van der Waals surface area contributed by atoms with Crippen LogP contribution in [0.1, 0.15) is 44.3 Å². The monoisotopic (exact) mass is 290 g/mol. The standard InChI is InChI=1S/C16H22N2O3/c1-16-9-5-4-6-14(16)17-15(18(16)19)11-7-8-12(20-2)13(10-11)21-3/h7-8,10,15,19H,4-6,9H2,1-3H3/t15-,16-/m0/s1. The first kappa shape index (κ1) is 14.4. The zero-order chi connectivity index (χ0) is 15.0. The highest BCUT2D eigenvalue weighted by atomic mass is 16.5. The van der Waals surface area contributed by atoms with Crippen molar-refractivity contribution in [3.05, 3.63) is 23.8 Å². The fourth-order valence-corrected chi connectivity index (χ4v) is 3.33. The molecule has 1 saturated carbocycles. The SMILES string of the molecule is COc1ccc([C@H]2N=C3CCCC[C@]3(C)N2O)cc1OC. The number of benzene rings is 1. The Hall–Kier alpha value is -1.59. The van der Waals surface area contributed by atoms with Crippen LogP contribution in [0.25, 0.3) is 0 Å². The van der Waals surface area contributed by atoms with Gasteiger partial charge in [0.05, 0.1) is 19.8 Å². The molecule has 0 bridgehead atoms. The molecule has 0 aromatic heterocycles. The molecule has 1 aliphatic carbocycles. The number of hydrogen-bond acceptors (Lipinski definition) is 5. The summed E-state index contributed by atoms with van der Waals surface area (Å²) in [5.41, 5.74) is 1.70. The largest absolute Gasteiger partial charge is 0.493 e. The average Bonchev–Trinajstić information content (AvgIpc) is 2.78. The van der Waals surface area contributed by atoms with Crippen LogP contribution >= 0.6 is 0 Å². The zero-order valence-electron chi connectivity index (χ0n) is 12.8. The molecule has 1 N–H and O–H groups in total. The smallest absolute Gasteiger partial charge is 0.161 e. The van der Waals surface area contributed by atoms with Gasteiger partial charge < -0.3 is 14.7 Å². The number of fused-ring (bicyclic) bond motifs is 1. The molecule has 1 heterocycles. The van der Waals surface area contributed by atoms with Gasteiger partial charge >= 0.3 is 0 Å². The van der Waals surface area contributed by atoms with Crippen molar-refractivity contribution in [3.63, 3.8) is 0 Å². The van der Waals surface area contributed by atoms with Gasteiger partial charge in [-0.05, 0) is 43.9 Å². The van der Waals surface area contributed by atoms with Crippen LogP contribution < -0.4 is 9.47 Å². The van der Waals surface area contributed by atoms with E-state index in [1.807, 2.05) is 18.2 Å². The molecule has 3 rings (SSSR count). The van der Waals surface area contributed by atoms with Crippen LogP contribution in [0.15, 0.2) is 23.2 Å². The van der Waals surface area contributed by atoms with Gasteiger partial charge in [-0.3, -0.25) is 4.99 Å². The summed E-state index contributed by atoms with van der Waals surface area (Å²) in [5.74, 6) is 1.34. The van der Waals surface area contributed by atoms with Crippen LogP contribution in [0.3, 0.4) is 0 Å². The third-order valence-electron chi connectivity index (χ3n) is 4.67. The first-order valence-electron chi connectivity index (χ1n) is 7.37. The van der Waals surface area contributed by atoms with Crippen LogP contribution in [-0.4, -0.2) is 35.7 Å². The number of hydrogen-bond donors (Lipinski definition) is 1. The van der Waals surface area contributed by atoms with Crippen LogP contribution in [0, 0.1) is 0 Å². The van der Waals surface area contributed by atoms with Gasteiger partial charge in [0.2, 0.25) is 0 Å². The molecule has 21 heavy (non-hydrogen) atoms. The van der Waals surface area contributed by atoms with Crippen LogP contribution in [0.2, 0.25) is 0 Å². The molecule has 5 heteroatoms. The first-order valence-corrected chi connectivity index (χ1v) is 7.37. The minimum Gasteiger partial charge on any atom is -0.493 e. The summed E-state index contributed by atoms with van der Waals surface area (Å²) in [4.78, 5) is 4.76. The highest BCUT2D eigenvalue weighted by Crippen LogP contribution is 2.43. The van der Waals surface area contributed by atoms with Gasteiger partial charge in [-0.15, -0.1) is 0 Å². The molecule has 0 spiro atoms. The van der Waals surface area contributed by atoms with Crippen LogP contribution in [-0.2, 0) is 0 Å². The van der Waals surface area contributed by atoms with Crippen molar-refractivity contribution >= 4 is 5.71 Å². The predicted molar refractivity (Wildman–Crippen MR) is 80.2 cm³/mol. The van der Waals surface area contributed by atoms with E-state index in [4.69, 9.17) is 14.5 Å². The molecule has 1 fully saturated rings. The molecule has 0 radical (unpaired) electrons. The molecule has 114 valence electrons. The summed E-state index contributed by atoms with van der Waals surface area (Å²) < 4.78 is 10.6. The Morgan fingerprint density at radius 3 is 2.67 bits per heavy atom. The first-order chi connectivity index (χ1) is 10.1. The molecular weight excluding hydrogens is 268 g/mol. The summed E-state index contributed by atoms with van der Waals surface area (Å²) in [7, 11) is 3.22. The fraction of sp³-hybridized carbons (Fsp3) is 0.562. The quantitative estimate of drug-likeness (QED) is 0.929. The molecule has 0 amide bonds. The second-order valence-electron chi connectivity index (χ2n) is 5.89. The van der Waals surface area contributed by atoms with E-state index in [-0.39, 0.29) is 11.7 Å². The Morgan fingerprint density at radius 1 is 1.24 bits per heavy atom. The van der Waals surface area contributed by atoms with Crippen LogP contribution in [0.4, 0.5) is 0 Å². The Labute approximate surface area is 125 Å². The second-order valence-corrected chi connectivity index (χ2v) is 5.89. The molecule has 1 aliphatic heterocycles. The maximum atomic E-state index is 10.6. The third-order valence-corrected chi connectivity index (χ3v) is 4.67. The van der Waals surface area contributed by atoms with Gasteiger partial charge in [0, 0.05) is 5.71 Å². The van der Waals surface area contributed by atoms with Crippen molar-refractivity contribution in [1.29, 1.82) is 0 Å². The van der Waals surface area contributed by atoms with Gasteiger partial charge in [-0.1, -0.05) is 12.5 Å². The second kappa shape index (κ2) is 5.31. The van der Waals surface area contributed by atoms with E-state index in [0.717, 1.165) is 37.0 Å². The highest BCUT2D eigenvalue weighted by molar-refractivity contribution is 5.95. The highest BCUT2D eigenvalue weighted by Gasteiger charge is 2.47. The molecule has 5 nitrogen and oxygen atoms in total. The van der Waals surface area contributed by atoms with Crippen molar-refractivity contribution in [2.24, 2.45) is 4.99 Å². The summed E-state index contributed by atoms with van der Waals surface area (Å²) in [6.07, 6.45) is 3.85. The minimum absolute atomic E-state index is 0.323. The van der Waals surface area contributed by atoms with E-state index in [2.05, 4.69) is 6.92 Å². The van der Waals surface area contributed by atoms with Gasteiger partial charge in [0.25, 0.3) is 0 Å². The number of rotatable bonds is 3. The fourth-order valence-electron chi connectivity index (χ4n) is 3.33. The Bertz CT molecular complexity index is 573. The van der Waals surface area contributed by atoms with Gasteiger partial charge in [0.1, 0.15) is 0 Å². The van der Waals surface area contributed by atoms with Crippen LogP contribution in [0.5, 0.6) is 11.5 Å². The molecule has 0 saturated heterocycles. The van der Waals surface area contributed by atoms with E-state index < -0.39 is 0 Å². The van der Waals surface area contributed by atoms with E-state index in [9.17, 15) is 5.21 Å². The molecule has 0 unspecified atom stereocenters. The topological polar surface area (TPSA) is 54.3 Å². The molecular formula is C16H22N2O3. The Kier molecular flexibility index (Phi) is 3.63. The lowest BCUT2D eigenvalue weighted by Gasteiger charge is -2.36. The lowest BCUT2D eigenvalue weighted by Crippen LogP contribution is -2.48. The summed E-state index contributed by atoms with van der Waals surface area (Å²) in [6.45, 7) is 2.08. The zero-order valence-corrected chi connectivity index (χ0v) is 12.8. The predicted octanol–water partition coefficient (Wildman–Crippen LogP) is 3.18. The Morgan fingerprint density at radius 2 is 2.00 bits per heavy atom. The molecule has 1 aromatic rings. The normalized spacial score (nSPS) is 29.0. The average molecular weight is 290 g/mol. The number of methoxy groups -OCH3 is 2. The Balaban J connectivity index is 1.96. The number of hydroxylamine groups is 2. The van der Waals surface area contributed by atoms with Gasteiger partial charge in [-0.25, -0.2) is 0 Å². The maximum absolute atomic E-state index is 10.6. The lowest BCUT2D eigenvalue weighted by atomic mass is 9.82. The maximum Gasteiger partial charge on any atom is 0.161 e. The van der Waals surface area contributed by atoms with Crippen molar-refractivity contribution in [3.8, 4) is 11.5 Å². The van der Waals surface area contributed by atoms with E-state index in [1.165, 1.54) is 5.06 Å². The molecule has 1 aromatic carbocycles. The summed E-state index contributed by atoms with van der Waals surface area (Å²) >= 11 is 0. The molecule has 2 aliphatic rings. The van der Waals surface area contributed by atoms with E-state index in [1.54, 1.807) is 14.2 Å². The lowest BCUT2D eigenvalue weighted by molar-refractivity contribution is -0.168. The van der Waals surface area contributed by atoms with Crippen molar-refractivity contribution in [2.75, 3.05) is 14.2 Å². The third kappa shape index (κ3) is 2.21. The summed E-state index contributed by atoms with van der Waals surface area (Å²) in [5, 5.41) is 12.0. The summed E-state index contributed by atoms with van der Waals surface area (Å²) in [6, 6.07) is 5.67. The van der Waals surface area contributed by atoms with Gasteiger partial charge in [0.15, 0.2) is 17.7 Å². The van der Waals surface area contributed by atoms with Crippen molar-refractivity contribution < 1.29 is 14.7 Å². The molecule has 2 atom stereocenters. The van der Waals surface area contributed by atoms with E-state index >= 15 is 0 Å². The number of nitrogens with zero attached hydrogens (tertiary/aromatic N) is 2. The van der Waals surface area contributed by atoms with Crippen molar-refractivity contribution in [1.82, 2.24) is 5.06 Å². The number of aliphatic imine (C=N–C) groups is 1. The van der Waals surface area contributed by atoms with Gasteiger partial charge in [-0.2, -0.15) is 5.06 Å².